The molecule has 1 aliphatic rings. The molecule has 0 bridgehead atoms. The Morgan fingerprint density at radius 2 is 1.96 bits per heavy atom. The number of ether oxygens (including phenoxy) is 1. The van der Waals surface area contributed by atoms with Crippen LogP contribution in [0.3, 0.4) is 0 Å². The van der Waals surface area contributed by atoms with Gasteiger partial charge in [0.25, 0.3) is 0 Å². The highest BCUT2D eigenvalue weighted by Gasteiger charge is 2.19. The summed E-state index contributed by atoms with van der Waals surface area (Å²) in [6, 6.07) is 6.22. The number of benzene rings is 1. The molecule has 1 aliphatic heterocycles. The van der Waals surface area contributed by atoms with E-state index in [0.29, 0.717) is 16.8 Å². The van der Waals surface area contributed by atoms with E-state index in [0.717, 1.165) is 25.9 Å². The molecular formula is C16H20ClN5O3S. The molecule has 0 spiro atoms. The van der Waals surface area contributed by atoms with Gasteiger partial charge in [-0.15, -0.1) is 0 Å². The summed E-state index contributed by atoms with van der Waals surface area (Å²) in [6.07, 6.45) is 3.33. The van der Waals surface area contributed by atoms with Gasteiger partial charge in [0, 0.05) is 18.1 Å². The third-order valence-corrected chi connectivity index (χ3v) is 5.63. The number of nitrogens with one attached hydrogen (secondary N) is 1. The Labute approximate surface area is 157 Å². The van der Waals surface area contributed by atoms with Gasteiger partial charge in [-0.1, -0.05) is 17.7 Å². The van der Waals surface area contributed by atoms with E-state index in [2.05, 4.69) is 24.6 Å². The predicted molar refractivity (Wildman–Crippen MR) is 97.9 cm³/mol. The molecule has 1 fully saturated rings. The Balaban J connectivity index is 1.78. The number of hydrogen-bond acceptors (Lipinski definition) is 7. The average molecular weight is 398 g/mol. The monoisotopic (exact) mass is 397 g/mol. The van der Waals surface area contributed by atoms with Crippen LogP contribution in [0, 0.1) is 0 Å². The van der Waals surface area contributed by atoms with Crippen LogP contribution in [0.25, 0.3) is 0 Å². The van der Waals surface area contributed by atoms with E-state index in [1.54, 1.807) is 12.1 Å². The zero-order valence-electron chi connectivity index (χ0n) is 14.4. The molecule has 0 unspecified atom stereocenters. The van der Waals surface area contributed by atoms with Crippen LogP contribution in [0.5, 0.6) is 6.01 Å². The number of nitrogens with zero attached hydrogens (tertiary/aromatic N) is 4. The first kappa shape index (κ1) is 18.8. The molecule has 2 aromatic rings. The second kappa shape index (κ2) is 8.15. The van der Waals surface area contributed by atoms with Gasteiger partial charge in [-0.3, -0.25) is 0 Å². The molecular weight excluding hydrogens is 378 g/mol. The maximum atomic E-state index is 12.4. The molecule has 3 rings (SSSR count). The van der Waals surface area contributed by atoms with Crippen molar-refractivity contribution in [3.63, 3.8) is 0 Å². The minimum absolute atomic E-state index is 0.0748. The Kier molecular flexibility index (Phi) is 5.90. The first-order chi connectivity index (χ1) is 12.5. The first-order valence-corrected chi connectivity index (χ1v) is 10.1. The standard InChI is InChI=1S/C16H20ClN5O3S/c1-25-16-20-14(19-15(21-16)22-8-3-2-4-9-22)11-18-26(23,24)13-7-5-6-12(17)10-13/h5-7,10,18H,2-4,8-9,11H2,1H3. The molecule has 1 aromatic carbocycles. The van der Waals surface area contributed by atoms with Crippen LogP contribution >= 0.6 is 11.6 Å². The summed E-state index contributed by atoms with van der Waals surface area (Å²) in [5, 5.41) is 0.349. The molecule has 0 radical (unpaired) electrons. The van der Waals surface area contributed by atoms with Gasteiger partial charge in [-0.05, 0) is 37.5 Å². The highest BCUT2D eigenvalue weighted by Crippen LogP contribution is 2.18. The molecule has 1 aromatic heterocycles. The number of rotatable bonds is 6. The van der Waals surface area contributed by atoms with Gasteiger partial charge in [-0.25, -0.2) is 13.1 Å². The summed E-state index contributed by atoms with van der Waals surface area (Å²) >= 11 is 5.87. The quantitative estimate of drug-likeness (QED) is 0.796. The molecule has 140 valence electrons. The largest absolute Gasteiger partial charge is 0.467 e. The Morgan fingerprint density at radius 1 is 1.19 bits per heavy atom. The third-order valence-electron chi connectivity index (χ3n) is 4.00. The minimum Gasteiger partial charge on any atom is -0.467 e. The number of methoxy groups -OCH3 is 1. The molecule has 0 atom stereocenters. The summed E-state index contributed by atoms with van der Waals surface area (Å²) in [6.45, 7) is 1.65. The van der Waals surface area contributed by atoms with Crippen LogP contribution in [-0.2, 0) is 16.6 Å². The Bertz CT molecular complexity index is 872. The SMILES string of the molecule is COc1nc(CNS(=O)(=O)c2cccc(Cl)c2)nc(N2CCCCC2)n1. The Hall–Kier alpha value is -1.97. The molecule has 26 heavy (non-hydrogen) atoms. The van der Waals surface area contributed by atoms with E-state index in [-0.39, 0.29) is 17.5 Å². The summed E-state index contributed by atoms with van der Waals surface area (Å²) in [5.74, 6) is 0.802. The number of halogens is 1. The first-order valence-electron chi connectivity index (χ1n) is 8.27. The van der Waals surface area contributed by atoms with Crippen LogP contribution < -0.4 is 14.4 Å². The highest BCUT2D eigenvalue weighted by atomic mass is 35.5. The summed E-state index contributed by atoms with van der Waals surface area (Å²) < 4.78 is 32.5. The van der Waals surface area contributed by atoms with E-state index >= 15 is 0 Å². The van der Waals surface area contributed by atoms with Crippen LogP contribution in [0.4, 0.5) is 5.95 Å². The van der Waals surface area contributed by atoms with E-state index in [4.69, 9.17) is 16.3 Å². The van der Waals surface area contributed by atoms with Gasteiger partial charge < -0.3 is 9.64 Å². The Morgan fingerprint density at radius 3 is 2.65 bits per heavy atom. The van der Waals surface area contributed by atoms with Crippen molar-refractivity contribution in [3.05, 3.63) is 35.1 Å². The van der Waals surface area contributed by atoms with Crippen LogP contribution in [0.15, 0.2) is 29.2 Å². The number of hydrogen-bond donors (Lipinski definition) is 1. The van der Waals surface area contributed by atoms with E-state index in [1.165, 1.54) is 25.7 Å². The zero-order chi connectivity index (χ0) is 18.6. The smallest absolute Gasteiger partial charge is 0.321 e. The van der Waals surface area contributed by atoms with Gasteiger partial charge in [0.05, 0.1) is 18.6 Å². The minimum atomic E-state index is -3.73. The van der Waals surface area contributed by atoms with Crippen LogP contribution in [0.1, 0.15) is 25.1 Å². The number of piperidine rings is 1. The van der Waals surface area contributed by atoms with Crippen molar-refractivity contribution in [2.45, 2.75) is 30.7 Å². The average Bonchev–Trinajstić information content (AvgIpc) is 2.67. The fourth-order valence-corrected chi connectivity index (χ4v) is 3.95. The van der Waals surface area contributed by atoms with Gasteiger partial charge in [0.2, 0.25) is 16.0 Å². The molecule has 0 saturated carbocycles. The van der Waals surface area contributed by atoms with Gasteiger partial charge in [-0.2, -0.15) is 15.0 Å². The van der Waals surface area contributed by atoms with Crippen molar-refractivity contribution in [2.75, 3.05) is 25.1 Å². The molecule has 0 amide bonds. The molecule has 10 heteroatoms. The molecule has 8 nitrogen and oxygen atoms in total. The van der Waals surface area contributed by atoms with Crippen LogP contribution in [-0.4, -0.2) is 43.6 Å². The lowest BCUT2D eigenvalue weighted by Crippen LogP contribution is -2.32. The maximum Gasteiger partial charge on any atom is 0.321 e. The summed E-state index contributed by atoms with van der Waals surface area (Å²) in [7, 11) is -2.26. The van der Waals surface area contributed by atoms with E-state index < -0.39 is 10.0 Å². The van der Waals surface area contributed by atoms with Crippen molar-refractivity contribution < 1.29 is 13.2 Å². The second-order valence-corrected chi connectivity index (χ2v) is 8.07. The van der Waals surface area contributed by atoms with E-state index in [9.17, 15) is 8.42 Å². The number of sulfonamides is 1. The lowest BCUT2D eigenvalue weighted by Gasteiger charge is -2.26. The number of aromatic nitrogens is 3. The van der Waals surface area contributed by atoms with Gasteiger partial charge >= 0.3 is 6.01 Å². The highest BCUT2D eigenvalue weighted by molar-refractivity contribution is 7.89. The summed E-state index contributed by atoms with van der Waals surface area (Å²) in [4.78, 5) is 14.9. The predicted octanol–water partition coefficient (Wildman–Crippen LogP) is 2.00. The molecule has 2 heterocycles. The number of anilines is 1. The normalized spacial score (nSPS) is 15.1. The second-order valence-electron chi connectivity index (χ2n) is 5.87. The van der Waals surface area contributed by atoms with Crippen molar-refractivity contribution in [1.82, 2.24) is 19.7 Å². The van der Waals surface area contributed by atoms with Crippen molar-refractivity contribution >= 4 is 27.6 Å². The van der Waals surface area contributed by atoms with Gasteiger partial charge in [0.15, 0.2) is 5.82 Å². The van der Waals surface area contributed by atoms with Gasteiger partial charge in [0.1, 0.15) is 0 Å². The fourth-order valence-electron chi connectivity index (χ4n) is 2.67. The van der Waals surface area contributed by atoms with E-state index in [1.807, 2.05) is 0 Å². The van der Waals surface area contributed by atoms with Crippen LogP contribution in [0.2, 0.25) is 5.02 Å². The van der Waals surface area contributed by atoms with Crippen molar-refractivity contribution in [2.24, 2.45) is 0 Å². The topological polar surface area (TPSA) is 97.3 Å². The molecule has 0 aliphatic carbocycles. The zero-order valence-corrected chi connectivity index (χ0v) is 15.9. The fraction of sp³-hybridized carbons (Fsp3) is 0.438. The maximum absolute atomic E-state index is 12.4. The lowest BCUT2D eigenvalue weighted by molar-refractivity contribution is 0.374. The summed E-state index contributed by atoms with van der Waals surface area (Å²) in [5.41, 5.74) is 0. The lowest BCUT2D eigenvalue weighted by atomic mass is 10.1. The van der Waals surface area contributed by atoms with Crippen molar-refractivity contribution in [1.29, 1.82) is 0 Å². The molecule has 1 saturated heterocycles. The van der Waals surface area contributed by atoms with Crippen molar-refractivity contribution in [3.8, 4) is 6.01 Å². The molecule has 1 N–H and O–H groups in total. The third kappa shape index (κ3) is 4.60.